The van der Waals surface area contributed by atoms with E-state index in [1.54, 1.807) is 0 Å². The summed E-state index contributed by atoms with van der Waals surface area (Å²) in [6.45, 7) is 2.83. The molecule has 2 aromatic rings. The number of nitrogens with one attached hydrogen (secondary N) is 1. The number of anilines is 1. The maximum atomic E-state index is 4.28. The van der Waals surface area contributed by atoms with Crippen molar-refractivity contribution in [3.05, 3.63) is 40.6 Å². The minimum atomic E-state index is 0.675. The SMILES string of the molecule is Cc1cc(NCc2cncn2C2CC2)cnc1Br. The molecule has 2 aromatic heterocycles. The third kappa shape index (κ3) is 2.41. The van der Waals surface area contributed by atoms with Crippen LogP contribution in [0.1, 0.15) is 30.1 Å². The summed E-state index contributed by atoms with van der Waals surface area (Å²) in [4.78, 5) is 8.51. The Balaban J connectivity index is 1.69. The van der Waals surface area contributed by atoms with Gasteiger partial charge < -0.3 is 9.88 Å². The number of hydrogen-bond acceptors (Lipinski definition) is 3. The van der Waals surface area contributed by atoms with Gasteiger partial charge in [0.15, 0.2) is 0 Å². The first-order valence-electron chi connectivity index (χ1n) is 6.11. The fourth-order valence-corrected chi connectivity index (χ4v) is 2.21. The van der Waals surface area contributed by atoms with E-state index in [1.807, 2.05) is 25.6 Å². The number of imidazole rings is 1. The van der Waals surface area contributed by atoms with Gasteiger partial charge in [0.1, 0.15) is 4.60 Å². The van der Waals surface area contributed by atoms with E-state index in [9.17, 15) is 0 Å². The van der Waals surface area contributed by atoms with Crippen molar-refractivity contribution in [1.82, 2.24) is 14.5 Å². The van der Waals surface area contributed by atoms with Crippen LogP contribution < -0.4 is 5.32 Å². The van der Waals surface area contributed by atoms with Crippen molar-refractivity contribution >= 4 is 21.6 Å². The average molecular weight is 307 g/mol. The molecule has 0 bridgehead atoms. The van der Waals surface area contributed by atoms with Gasteiger partial charge in [-0.2, -0.15) is 0 Å². The van der Waals surface area contributed by atoms with Gasteiger partial charge in [-0.1, -0.05) is 0 Å². The summed E-state index contributed by atoms with van der Waals surface area (Å²) in [5.41, 5.74) is 3.41. The highest BCUT2D eigenvalue weighted by atomic mass is 79.9. The summed E-state index contributed by atoms with van der Waals surface area (Å²) in [6.07, 6.45) is 8.27. The number of pyridine rings is 1. The van der Waals surface area contributed by atoms with Gasteiger partial charge in [-0.3, -0.25) is 0 Å². The third-order valence-electron chi connectivity index (χ3n) is 3.17. The molecule has 0 atom stereocenters. The highest BCUT2D eigenvalue weighted by Crippen LogP contribution is 2.35. The molecule has 3 rings (SSSR count). The molecule has 94 valence electrons. The van der Waals surface area contributed by atoms with Gasteiger partial charge in [0.05, 0.1) is 30.5 Å². The fraction of sp³-hybridized carbons (Fsp3) is 0.385. The fourth-order valence-electron chi connectivity index (χ4n) is 2.00. The van der Waals surface area contributed by atoms with Crippen molar-refractivity contribution in [2.75, 3.05) is 5.32 Å². The van der Waals surface area contributed by atoms with E-state index >= 15 is 0 Å². The molecule has 1 saturated carbocycles. The van der Waals surface area contributed by atoms with E-state index in [1.165, 1.54) is 18.5 Å². The molecule has 18 heavy (non-hydrogen) atoms. The molecule has 0 spiro atoms. The summed E-state index contributed by atoms with van der Waals surface area (Å²) < 4.78 is 3.17. The van der Waals surface area contributed by atoms with Crippen molar-refractivity contribution < 1.29 is 0 Å². The number of nitrogens with zero attached hydrogens (tertiary/aromatic N) is 3. The van der Waals surface area contributed by atoms with Gasteiger partial charge in [0, 0.05) is 12.2 Å². The Bertz CT molecular complexity index is 560. The Morgan fingerprint density at radius 3 is 3.00 bits per heavy atom. The molecule has 1 aliphatic rings. The number of rotatable bonds is 4. The Labute approximate surface area is 115 Å². The highest BCUT2D eigenvalue weighted by Gasteiger charge is 2.24. The summed E-state index contributed by atoms with van der Waals surface area (Å²) in [6, 6.07) is 2.77. The van der Waals surface area contributed by atoms with Crippen molar-refractivity contribution in [3.8, 4) is 0 Å². The van der Waals surface area contributed by atoms with Crippen LogP contribution in [0, 0.1) is 6.92 Å². The summed E-state index contributed by atoms with van der Waals surface area (Å²) in [7, 11) is 0. The normalized spacial score (nSPS) is 14.8. The Kier molecular flexibility index (Phi) is 3.07. The second-order valence-corrected chi connectivity index (χ2v) is 5.46. The van der Waals surface area contributed by atoms with Crippen LogP contribution in [0.15, 0.2) is 29.4 Å². The molecule has 2 heterocycles. The molecule has 5 heteroatoms. The Hall–Kier alpha value is -1.36. The van der Waals surface area contributed by atoms with Crippen molar-refractivity contribution in [1.29, 1.82) is 0 Å². The van der Waals surface area contributed by atoms with Crippen LogP contribution in [-0.2, 0) is 6.54 Å². The smallest absolute Gasteiger partial charge is 0.109 e. The standard InChI is InChI=1S/C13H15BrN4/c1-9-4-10(5-17-13(9)14)16-7-12-6-15-8-18(12)11-2-3-11/h4-6,8,11,16H,2-3,7H2,1H3. The molecule has 1 aliphatic carbocycles. The third-order valence-corrected chi connectivity index (χ3v) is 4.00. The molecular weight excluding hydrogens is 292 g/mol. The summed E-state index contributed by atoms with van der Waals surface area (Å²) in [5.74, 6) is 0. The maximum absolute atomic E-state index is 4.28. The first-order chi connectivity index (χ1) is 8.74. The molecule has 4 nitrogen and oxygen atoms in total. The molecule has 0 aromatic carbocycles. The van der Waals surface area contributed by atoms with E-state index in [0.29, 0.717) is 6.04 Å². The Morgan fingerprint density at radius 2 is 2.28 bits per heavy atom. The van der Waals surface area contributed by atoms with E-state index < -0.39 is 0 Å². The van der Waals surface area contributed by atoms with Crippen LogP contribution in [0.4, 0.5) is 5.69 Å². The number of aryl methyl sites for hydroxylation is 1. The van der Waals surface area contributed by atoms with E-state index in [4.69, 9.17) is 0 Å². The monoisotopic (exact) mass is 306 g/mol. The lowest BCUT2D eigenvalue weighted by Crippen LogP contribution is -2.06. The quantitative estimate of drug-likeness (QED) is 0.881. The summed E-state index contributed by atoms with van der Waals surface area (Å²) >= 11 is 3.41. The average Bonchev–Trinajstić information content (AvgIpc) is 3.10. The van der Waals surface area contributed by atoms with Crippen LogP contribution in [0.3, 0.4) is 0 Å². The van der Waals surface area contributed by atoms with Crippen molar-refractivity contribution in [2.45, 2.75) is 32.4 Å². The lowest BCUT2D eigenvalue weighted by molar-refractivity contribution is 0.701. The molecule has 1 N–H and O–H groups in total. The van der Waals surface area contributed by atoms with E-state index in [-0.39, 0.29) is 0 Å². The van der Waals surface area contributed by atoms with E-state index in [0.717, 1.165) is 22.4 Å². The zero-order chi connectivity index (χ0) is 12.5. The first-order valence-corrected chi connectivity index (χ1v) is 6.90. The van der Waals surface area contributed by atoms with Crippen LogP contribution in [0.25, 0.3) is 0 Å². The number of halogens is 1. The van der Waals surface area contributed by atoms with Gasteiger partial charge in [0.25, 0.3) is 0 Å². The topological polar surface area (TPSA) is 42.7 Å². The van der Waals surface area contributed by atoms with Crippen LogP contribution in [-0.4, -0.2) is 14.5 Å². The van der Waals surface area contributed by atoms with E-state index in [2.05, 4.69) is 41.8 Å². The predicted octanol–water partition coefficient (Wildman–Crippen LogP) is 3.30. The zero-order valence-corrected chi connectivity index (χ0v) is 11.8. The molecular formula is C13H15BrN4. The van der Waals surface area contributed by atoms with Crippen LogP contribution in [0.2, 0.25) is 0 Å². The Morgan fingerprint density at radius 1 is 1.44 bits per heavy atom. The predicted molar refractivity (Wildman–Crippen MR) is 74.5 cm³/mol. The minimum Gasteiger partial charge on any atom is -0.378 e. The molecule has 0 amide bonds. The van der Waals surface area contributed by atoms with Gasteiger partial charge in [-0.05, 0) is 47.3 Å². The largest absolute Gasteiger partial charge is 0.378 e. The molecule has 0 saturated heterocycles. The van der Waals surface area contributed by atoms with Gasteiger partial charge in [-0.15, -0.1) is 0 Å². The second-order valence-electron chi connectivity index (χ2n) is 4.71. The first kappa shape index (κ1) is 11.7. The molecule has 0 aliphatic heterocycles. The lowest BCUT2D eigenvalue weighted by Gasteiger charge is -2.09. The highest BCUT2D eigenvalue weighted by molar-refractivity contribution is 9.10. The number of hydrogen-bond donors (Lipinski definition) is 1. The van der Waals surface area contributed by atoms with Gasteiger partial charge in [0.2, 0.25) is 0 Å². The van der Waals surface area contributed by atoms with Gasteiger partial charge in [-0.25, -0.2) is 9.97 Å². The van der Waals surface area contributed by atoms with Crippen LogP contribution >= 0.6 is 15.9 Å². The van der Waals surface area contributed by atoms with Crippen molar-refractivity contribution in [2.24, 2.45) is 0 Å². The maximum Gasteiger partial charge on any atom is 0.109 e. The van der Waals surface area contributed by atoms with Crippen molar-refractivity contribution in [3.63, 3.8) is 0 Å². The molecule has 1 fully saturated rings. The lowest BCUT2D eigenvalue weighted by atomic mass is 10.3. The summed E-state index contributed by atoms with van der Waals surface area (Å²) in [5, 5.41) is 3.39. The number of aromatic nitrogens is 3. The molecule has 0 unspecified atom stereocenters. The second kappa shape index (κ2) is 4.72. The zero-order valence-electron chi connectivity index (χ0n) is 10.2. The van der Waals surface area contributed by atoms with Gasteiger partial charge >= 0.3 is 0 Å². The van der Waals surface area contributed by atoms with Crippen LogP contribution in [0.5, 0.6) is 0 Å². The molecule has 0 radical (unpaired) electrons. The minimum absolute atomic E-state index is 0.675.